The van der Waals surface area contributed by atoms with Crippen LogP contribution in [0.15, 0.2) is 53.5 Å². The molecule has 0 radical (unpaired) electrons. The average Bonchev–Trinajstić information content (AvgIpc) is 2.63. The van der Waals surface area contributed by atoms with Crippen molar-refractivity contribution in [3.63, 3.8) is 0 Å². The fourth-order valence-electron chi connectivity index (χ4n) is 1.85. The molecular weight excluding hydrogens is 417 g/mol. The van der Waals surface area contributed by atoms with Crippen molar-refractivity contribution in [1.29, 1.82) is 0 Å². The number of nitrogens with zero attached hydrogens (tertiary/aromatic N) is 2. The number of benzene rings is 2. The Bertz CT molecular complexity index is 783. The maximum Gasteiger partial charge on any atom is 0.328 e. The Hall–Kier alpha value is -1.73. The van der Waals surface area contributed by atoms with Gasteiger partial charge in [-0.15, -0.1) is 11.6 Å². The first-order valence-electron chi connectivity index (χ1n) is 7.34. The zero-order valence-electron chi connectivity index (χ0n) is 13.4. The molecule has 26 heavy (non-hydrogen) atoms. The number of carbonyl (C=O) groups excluding carboxylic acids is 2. The fraction of sp³-hybridized carbons (Fsp3) is 0.118. The molecule has 9 heteroatoms. The first-order valence-corrected chi connectivity index (χ1v) is 9.47. The van der Waals surface area contributed by atoms with Crippen LogP contribution < -0.4 is 5.32 Å². The summed E-state index contributed by atoms with van der Waals surface area (Å²) in [6, 6.07) is 13.0. The van der Waals surface area contributed by atoms with E-state index in [2.05, 4.69) is 10.3 Å². The second-order valence-corrected chi connectivity index (χ2v) is 6.93. The number of aliphatic imine (C=N–C) groups is 1. The van der Waals surface area contributed by atoms with Crippen molar-refractivity contribution in [2.24, 2.45) is 4.99 Å². The van der Waals surface area contributed by atoms with Crippen LogP contribution in [0.25, 0.3) is 0 Å². The van der Waals surface area contributed by atoms with E-state index >= 15 is 0 Å². The summed E-state index contributed by atoms with van der Waals surface area (Å²) in [5, 5.41) is 3.64. The molecule has 5 nitrogen and oxygen atoms in total. The summed E-state index contributed by atoms with van der Waals surface area (Å²) in [6.07, 6.45) is 0. The van der Waals surface area contributed by atoms with Gasteiger partial charge in [-0.05, 0) is 42.0 Å². The van der Waals surface area contributed by atoms with Crippen molar-refractivity contribution in [3.05, 3.63) is 69.7 Å². The van der Waals surface area contributed by atoms with Crippen LogP contribution in [0.4, 0.5) is 4.79 Å². The van der Waals surface area contributed by atoms with Gasteiger partial charge in [0.15, 0.2) is 0 Å². The Balaban J connectivity index is 2.03. The van der Waals surface area contributed by atoms with Gasteiger partial charge in [0.05, 0.1) is 18.1 Å². The Morgan fingerprint density at radius 1 is 1.04 bits per heavy atom. The number of carbonyl (C=O) groups is 2. The molecule has 0 bridgehead atoms. The van der Waals surface area contributed by atoms with Gasteiger partial charge in [0.25, 0.3) is 5.91 Å². The van der Waals surface area contributed by atoms with Crippen molar-refractivity contribution in [1.82, 2.24) is 9.62 Å². The fourth-order valence-corrected chi connectivity index (χ4v) is 2.86. The molecule has 2 rings (SSSR count). The van der Waals surface area contributed by atoms with E-state index in [9.17, 15) is 9.59 Å². The van der Waals surface area contributed by atoms with Crippen LogP contribution in [-0.4, -0.2) is 27.8 Å². The van der Waals surface area contributed by atoms with Gasteiger partial charge in [-0.2, -0.15) is 0 Å². The summed E-state index contributed by atoms with van der Waals surface area (Å²) in [7, 11) is 0. The van der Waals surface area contributed by atoms with E-state index in [0.29, 0.717) is 15.6 Å². The molecule has 0 aromatic heterocycles. The minimum absolute atomic E-state index is 0.0304. The topological polar surface area (TPSA) is 61.8 Å². The van der Waals surface area contributed by atoms with Crippen molar-refractivity contribution in [2.75, 3.05) is 6.00 Å². The van der Waals surface area contributed by atoms with E-state index < -0.39 is 11.9 Å². The van der Waals surface area contributed by atoms with E-state index in [0.717, 1.165) is 17.5 Å². The molecule has 3 amide bonds. The quantitative estimate of drug-likeness (QED) is 0.225. The molecule has 0 unspecified atom stereocenters. The van der Waals surface area contributed by atoms with Gasteiger partial charge >= 0.3 is 6.03 Å². The van der Waals surface area contributed by atoms with Crippen molar-refractivity contribution < 1.29 is 9.59 Å². The molecule has 1 N–H and O–H groups in total. The third kappa shape index (κ3) is 6.53. The second kappa shape index (κ2) is 10.4. The predicted molar refractivity (Wildman–Crippen MR) is 108 cm³/mol. The first kappa shape index (κ1) is 20.6. The van der Waals surface area contributed by atoms with Gasteiger partial charge in [-0.25, -0.2) is 9.79 Å². The van der Waals surface area contributed by atoms with Gasteiger partial charge in [-0.1, -0.05) is 35.3 Å². The summed E-state index contributed by atoms with van der Waals surface area (Å²) in [4.78, 5) is 28.0. The van der Waals surface area contributed by atoms with E-state index in [1.807, 2.05) is 0 Å². The van der Waals surface area contributed by atoms with Crippen LogP contribution >= 0.6 is 46.8 Å². The monoisotopic (exact) mass is 429 g/mol. The maximum absolute atomic E-state index is 12.1. The lowest BCUT2D eigenvalue weighted by atomic mass is 10.2. The third-order valence-corrected chi connectivity index (χ3v) is 4.51. The highest BCUT2D eigenvalue weighted by atomic mass is 35.5. The van der Waals surface area contributed by atoms with E-state index in [4.69, 9.17) is 34.8 Å². The highest BCUT2D eigenvalue weighted by Gasteiger charge is 2.14. The highest BCUT2D eigenvalue weighted by molar-refractivity contribution is 8.10. The summed E-state index contributed by atoms with van der Waals surface area (Å²) in [6.45, 7) is 0.283. The molecule has 0 aliphatic carbocycles. The molecule has 0 aliphatic heterocycles. The zero-order valence-corrected chi connectivity index (χ0v) is 16.4. The normalized spacial score (nSPS) is 10.7. The Morgan fingerprint density at radius 2 is 1.62 bits per heavy atom. The van der Waals surface area contributed by atoms with Crippen LogP contribution in [0.5, 0.6) is 0 Å². The molecule has 0 heterocycles. The number of hydrogen-bond acceptors (Lipinski definition) is 3. The smallest absolute Gasteiger partial charge is 0.324 e. The Morgan fingerprint density at radius 3 is 2.19 bits per heavy atom. The number of alkyl halides is 1. The summed E-state index contributed by atoms with van der Waals surface area (Å²) in [5.74, 6) is -0.432. The molecular formula is C17H14Cl3N3O2S. The average molecular weight is 431 g/mol. The van der Waals surface area contributed by atoms with Crippen LogP contribution in [0.3, 0.4) is 0 Å². The highest BCUT2D eigenvalue weighted by Crippen LogP contribution is 2.17. The minimum Gasteiger partial charge on any atom is -0.324 e. The lowest BCUT2D eigenvalue weighted by molar-refractivity contribution is 0.100. The third-order valence-electron chi connectivity index (χ3n) is 3.12. The van der Waals surface area contributed by atoms with Crippen molar-refractivity contribution in [3.8, 4) is 0 Å². The molecule has 2 aromatic rings. The largest absolute Gasteiger partial charge is 0.328 e. The Kier molecular flexibility index (Phi) is 8.25. The predicted octanol–water partition coefficient (Wildman–Crippen LogP) is 5.22. The number of hydrogen-bond donors (Lipinski definition) is 1. The van der Waals surface area contributed by atoms with Crippen molar-refractivity contribution in [2.45, 2.75) is 6.54 Å². The second-order valence-electron chi connectivity index (χ2n) is 4.93. The number of urea groups is 1. The van der Waals surface area contributed by atoms with E-state index in [1.165, 1.54) is 9.85 Å². The summed E-state index contributed by atoms with van der Waals surface area (Å²) < 4.78 is 1.39. The lowest BCUT2D eigenvalue weighted by Gasteiger charge is -2.19. The number of nitrogens with one attached hydrogen (secondary N) is 1. The van der Waals surface area contributed by atoms with Gasteiger partial charge in [0.2, 0.25) is 0 Å². The van der Waals surface area contributed by atoms with Crippen LogP contribution in [0.1, 0.15) is 15.9 Å². The molecule has 0 aliphatic rings. The van der Waals surface area contributed by atoms with Crippen molar-refractivity contribution >= 4 is 64.2 Å². The van der Waals surface area contributed by atoms with Gasteiger partial charge in [0.1, 0.15) is 0 Å². The SMILES string of the molecule is O=C(N=CSN(Cc1ccc(Cl)cc1)C(=O)NCCl)c1ccc(Cl)cc1. The molecule has 136 valence electrons. The van der Waals surface area contributed by atoms with E-state index in [1.54, 1.807) is 48.5 Å². The van der Waals surface area contributed by atoms with Crippen LogP contribution in [0, 0.1) is 0 Å². The summed E-state index contributed by atoms with van der Waals surface area (Å²) in [5.41, 5.74) is 2.57. The summed E-state index contributed by atoms with van der Waals surface area (Å²) >= 11 is 18.2. The van der Waals surface area contributed by atoms with Gasteiger partial charge < -0.3 is 5.32 Å². The maximum atomic E-state index is 12.1. The molecule has 0 saturated heterocycles. The van der Waals surface area contributed by atoms with Gasteiger partial charge in [-0.3, -0.25) is 9.10 Å². The Labute approximate surface area is 170 Å². The molecule has 0 saturated carbocycles. The van der Waals surface area contributed by atoms with Gasteiger partial charge in [0, 0.05) is 27.6 Å². The minimum atomic E-state index is -0.432. The number of halogens is 3. The number of amides is 3. The van der Waals surface area contributed by atoms with Crippen LogP contribution in [0.2, 0.25) is 10.0 Å². The molecule has 0 fully saturated rings. The molecule has 0 spiro atoms. The zero-order chi connectivity index (χ0) is 18.9. The molecule has 2 aromatic carbocycles. The van der Waals surface area contributed by atoms with E-state index in [-0.39, 0.29) is 12.5 Å². The number of rotatable bonds is 6. The van der Waals surface area contributed by atoms with Crippen LogP contribution in [-0.2, 0) is 6.54 Å². The standard InChI is InChI=1S/C17H14Cl3N3O2S/c18-10-21-17(25)23(9-12-1-5-14(19)6-2-12)26-11-22-16(24)13-3-7-15(20)8-4-13/h1-8,11H,9-10H2,(H,21,25). The first-order chi connectivity index (χ1) is 12.5. The molecule has 0 atom stereocenters. The lowest BCUT2D eigenvalue weighted by Crippen LogP contribution is -2.34.